The van der Waals surface area contributed by atoms with Gasteiger partial charge in [-0.3, -0.25) is 14.3 Å². The second-order valence-electron chi connectivity index (χ2n) is 12.9. The van der Waals surface area contributed by atoms with Gasteiger partial charge in [0.15, 0.2) is 0 Å². The van der Waals surface area contributed by atoms with Gasteiger partial charge in [-0.25, -0.2) is 9.78 Å². The normalized spacial score (nSPS) is 14.6. The molecule has 0 saturated carbocycles. The van der Waals surface area contributed by atoms with Gasteiger partial charge in [-0.1, -0.05) is 35.9 Å². The minimum Gasteiger partial charge on any atom is -0.489 e. The molecule has 3 aromatic heterocycles. The number of aromatic nitrogens is 3. The number of carbonyl (C=O) groups excluding carboxylic acids is 2. The van der Waals surface area contributed by atoms with Crippen LogP contribution in [0.2, 0.25) is 5.02 Å². The van der Waals surface area contributed by atoms with Crippen molar-refractivity contribution >= 4 is 46.0 Å². The van der Waals surface area contributed by atoms with Crippen molar-refractivity contribution in [2.75, 3.05) is 13.1 Å². The first-order chi connectivity index (χ1) is 22.9. The Morgan fingerprint density at radius 3 is 2.46 bits per heavy atom. The van der Waals surface area contributed by atoms with Gasteiger partial charge in [-0.05, 0) is 64.4 Å². The molecule has 0 aliphatic carbocycles. The van der Waals surface area contributed by atoms with E-state index in [1.165, 1.54) is 11.3 Å². The number of amides is 2. The fraction of sp³-hybridized carbons (Fsp3) is 0.333. The number of hydrogen-bond acceptors (Lipinski definition) is 8. The Balaban J connectivity index is 1.17. The summed E-state index contributed by atoms with van der Waals surface area (Å²) in [5.74, 6) is 0.302. The zero-order valence-corrected chi connectivity index (χ0v) is 29.1. The lowest BCUT2D eigenvalue weighted by atomic mass is 10.1. The number of hydrogen-bond donors (Lipinski definition) is 1. The number of pyridine rings is 1. The number of halogens is 1. The number of ether oxygens (including phenoxy) is 3. The maximum absolute atomic E-state index is 12.5. The molecule has 2 N–H and O–H groups in total. The van der Waals surface area contributed by atoms with Crippen LogP contribution in [-0.2, 0) is 4.74 Å². The van der Waals surface area contributed by atoms with E-state index in [-0.39, 0.29) is 12.2 Å². The van der Waals surface area contributed by atoms with Crippen molar-refractivity contribution in [1.29, 1.82) is 0 Å². The number of likely N-dealkylation sites (tertiary alicyclic amines) is 1. The molecule has 12 heteroatoms. The SMILES string of the molecule is Cc1ccc(-c2ccc3c(c2)ncn3-c2cc(O[C@H](C)c3cccc(OC4CCN(C(=O)OC(C)(C)C)CC4)c3Cl)c(C(N)=O)s2)cn1. The Hall–Kier alpha value is -4.61. The molecule has 250 valence electrons. The molecule has 48 heavy (non-hydrogen) atoms. The van der Waals surface area contributed by atoms with Crippen LogP contribution in [0.15, 0.2) is 67.1 Å². The minimum absolute atomic E-state index is 0.108. The highest BCUT2D eigenvalue weighted by Gasteiger charge is 2.29. The molecular formula is C36H38ClN5O5S. The van der Waals surface area contributed by atoms with E-state index in [9.17, 15) is 9.59 Å². The van der Waals surface area contributed by atoms with Gasteiger partial charge in [-0.2, -0.15) is 0 Å². The maximum atomic E-state index is 12.5. The van der Waals surface area contributed by atoms with E-state index in [0.717, 1.165) is 32.9 Å². The third-order valence-electron chi connectivity index (χ3n) is 8.06. The van der Waals surface area contributed by atoms with E-state index in [2.05, 4.69) is 9.97 Å². The molecule has 1 aliphatic rings. The molecule has 0 bridgehead atoms. The van der Waals surface area contributed by atoms with Crippen LogP contribution in [-0.4, -0.2) is 56.2 Å². The monoisotopic (exact) mass is 687 g/mol. The first-order valence-electron chi connectivity index (χ1n) is 15.8. The molecule has 1 fully saturated rings. The lowest BCUT2D eigenvalue weighted by Gasteiger charge is -2.33. The number of thiophene rings is 1. The van der Waals surface area contributed by atoms with Crippen LogP contribution in [0.4, 0.5) is 4.79 Å². The average molecular weight is 688 g/mol. The fourth-order valence-corrected chi connectivity index (χ4v) is 6.85. The van der Waals surface area contributed by atoms with Crippen molar-refractivity contribution < 1.29 is 23.8 Å². The quantitative estimate of drug-likeness (QED) is 0.175. The number of fused-ring (bicyclic) bond motifs is 1. The summed E-state index contributed by atoms with van der Waals surface area (Å²) >= 11 is 8.10. The second kappa shape index (κ2) is 13.5. The minimum atomic E-state index is -0.590. The first-order valence-corrected chi connectivity index (χ1v) is 17.0. The van der Waals surface area contributed by atoms with E-state index in [1.807, 2.05) is 93.9 Å². The highest BCUT2D eigenvalue weighted by molar-refractivity contribution is 7.16. The number of nitrogens with two attached hydrogens (primary N) is 1. The van der Waals surface area contributed by atoms with Crippen LogP contribution < -0.4 is 15.2 Å². The van der Waals surface area contributed by atoms with Crippen LogP contribution in [0, 0.1) is 6.92 Å². The van der Waals surface area contributed by atoms with Crippen molar-refractivity contribution in [1.82, 2.24) is 19.4 Å². The summed E-state index contributed by atoms with van der Waals surface area (Å²) in [7, 11) is 0. The average Bonchev–Trinajstić information content (AvgIpc) is 3.66. The van der Waals surface area contributed by atoms with Gasteiger partial charge < -0.3 is 24.8 Å². The highest BCUT2D eigenvalue weighted by atomic mass is 35.5. The molecule has 6 rings (SSSR count). The molecule has 0 spiro atoms. The standard InChI is InChI=1S/C36H38ClN5O5S/c1-21-9-10-24(19-39-21)23-11-12-28-27(17-23)40-20-42(28)31-18-30(33(48-31)34(38)43)45-22(2)26-7-6-8-29(32(26)37)46-25-13-15-41(16-14-25)35(44)47-36(3,4)5/h6-12,17-20,22,25H,13-16H2,1-5H3,(H2,38,43)/t22-/m1/s1. The van der Waals surface area contributed by atoms with Crippen LogP contribution in [0.5, 0.6) is 11.5 Å². The third kappa shape index (κ3) is 7.27. The molecule has 10 nitrogen and oxygen atoms in total. The van der Waals surface area contributed by atoms with Crippen LogP contribution >= 0.6 is 22.9 Å². The molecule has 1 aliphatic heterocycles. The Morgan fingerprint density at radius 1 is 1.02 bits per heavy atom. The van der Waals surface area contributed by atoms with Crippen LogP contribution in [0.3, 0.4) is 0 Å². The molecule has 1 saturated heterocycles. The molecule has 2 amide bonds. The van der Waals surface area contributed by atoms with Crippen molar-refractivity contribution in [2.24, 2.45) is 5.73 Å². The molecule has 5 aromatic rings. The number of imidazole rings is 1. The van der Waals surface area contributed by atoms with Gasteiger partial charge in [0.25, 0.3) is 5.91 Å². The van der Waals surface area contributed by atoms with Crippen molar-refractivity contribution in [2.45, 2.75) is 65.3 Å². The van der Waals surface area contributed by atoms with Gasteiger partial charge in [-0.15, -0.1) is 11.3 Å². The summed E-state index contributed by atoms with van der Waals surface area (Å²) < 4.78 is 20.1. The van der Waals surface area contributed by atoms with Gasteiger partial charge in [0.2, 0.25) is 0 Å². The summed E-state index contributed by atoms with van der Waals surface area (Å²) in [5.41, 5.74) is 10.6. The zero-order valence-electron chi connectivity index (χ0n) is 27.5. The lowest BCUT2D eigenvalue weighted by molar-refractivity contribution is 0.0126. The van der Waals surface area contributed by atoms with E-state index < -0.39 is 17.6 Å². The number of benzene rings is 2. The number of primary amides is 1. The molecule has 0 unspecified atom stereocenters. The van der Waals surface area contributed by atoms with Gasteiger partial charge in [0, 0.05) is 55.0 Å². The number of rotatable bonds is 8. The second-order valence-corrected chi connectivity index (χ2v) is 14.3. The highest BCUT2D eigenvalue weighted by Crippen LogP contribution is 2.39. The summed E-state index contributed by atoms with van der Waals surface area (Å²) in [6.45, 7) is 10.4. The first kappa shape index (κ1) is 33.3. The molecule has 0 radical (unpaired) electrons. The van der Waals surface area contributed by atoms with E-state index in [4.69, 9.17) is 31.5 Å². The van der Waals surface area contributed by atoms with Crippen LogP contribution in [0.25, 0.3) is 27.2 Å². The molecular weight excluding hydrogens is 650 g/mol. The summed E-state index contributed by atoms with van der Waals surface area (Å²) in [6.07, 6.45) is 3.93. The van der Waals surface area contributed by atoms with Crippen molar-refractivity contribution in [3.8, 4) is 27.6 Å². The Bertz CT molecular complexity index is 1960. The number of carbonyl (C=O) groups is 2. The largest absolute Gasteiger partial charge is 0.489 e. The lowest BCUT2D eigenvalue weighted by Crippen LogP contribution is -2.44. The Morgan fingerprint density at radius 2 is 1.77 bits per heavy atom. The van der Waals surface area contributed by atoms with Gasteiger partial charge in [0.1, 0.15) is 45.5 Å². The fourth-order valence-electron chi connectivity index (χ4n) is 5.60. The van der Waals surface area contributed by atoms with Crippen molar-refractivity contribution in [3.63, 3.8) is 0 Å². The topological polar surface area (TPSA) is 122 Å². The van der Waals surface area contributed by atoms with Gasteiger partial charge in [0.05, 0.1) is 16.1 Å². The predicted octanol–water partition coefficient (Wildman–Crippen LogP) is 8.13. The smallest absolute Gasteiger partial charge is 0.410 e. The van der Waals surface area contributed by atoms with Crippen LogP contribution in [0.1, 0.15) is 67.6 Å². The molecule has 1 atom stereocenters. The summed E-state index contributed by atoms with van der Waals surface area (Å²) in [5, 5.41) is 1.16. The van der Waals surface area contributed by atoms with Gasteiger partial charge >= 0.3 is 6.09 Å². The Labute approximate surface area is 288 Å². The van der Waals surface area contributed by atoms with Crippen molar-refractivity contribution in [3.05, 3.63) is 88.3 Å². The zero-order chi connectivity index (χ0) is 34.2. The third-order valence-corrected chi connectivity index (χ3v) is 9.60. The molecule has 2 aromatic carbocycles. The van der Waals surface area contributed by atoms with E-state index in [1.54, 1.807) is 17.3 Å². The summed E-state index contributed by atoms with van der Waals surface area (Å²) in [4.78, 5) is 36.0. The number of nitrogens with zero attached hydrogens (tertiary/aromatic N) is 4. The molecule has 4 heterocycles. The predicted molar refractivity (Wildman–Crippen MR) is 187 cm³/mol. The maximum Gasteiger partial charge on any atom is 0.410 e. The van der Waals surface area contributed by atoms with E-state index in [0.29, 0.717) is 52.9 Å². The summed E-state index contributed by atoms with van der Waals surface area (Å²) in [6, 6.07) is 17.4. The number of aryl methyl sites for hydroxylation is 1. The van der Waals surface area contributed by atoms with E-state index >= 15 is 0 Å². The number of piperidine rings is 1. The Kier molecular flexibility index (Phi) is 9.35.